The van der Waals surface area contributed by atoms with E-state index in [4.69, 9.17) is 4.98 Å². The Balaban J connectivity index is 1.42. The second-order valence-electron chi connectivity index (χ2n) is 7.31. The molecule has 1 fully saturated rings. The molecular formula is C22H24N4O2S. The fraction of sp³-hybridized carbons (Fsp3) is 0.318. The minimum absolute atomic E-state index is 0.0368. The second-order valence-corrected chi connectivity index (χ2v) is 8.37. The third-order valence-corrected chi connectivity index (χ3v) is 6.18. The molecule has 1 atom stereocenters. The smallest absolute Gasteiger partial charge is 0.238 e. The van der Waals surface area contributed by atoms with Gasteiger partial charge < -0.3 is 10.6 Å². The molecule has 4 rings (SSSR count). The second kappa shape index (κ2) is 8.71. The predicted octanol–water partition coefficient (Wildman–Crippen LogP) is 4.42. The first-order valence-corrected chi connectivity index (χ1v) is 10.7. The Morgan fingerprint density at radius 3 is 2.52 bits per heavy atom. The molecule has 2 amide bonds. The van der Waals surface area contributed by atoms with Gasteiger partial charge in [-0.05, 0) is 55.8 Å². The molecule has 1 saturated heterocycles. The number of hydrogen-bond donors (Lipinski definition) is 2. The van der Waals surface area contributed by atoms with Gasteiger partial charge in [-0.15, -0.1) is 11.3 Å². The van der Waals surface area contributed by atoms with Crippen molar-refractivity contribution < 1.29 is 9.59 Å². The van der Waals surface area contributed by atoms with E-state index in [-0.39, 0.29) is 17.9 Å². The minimum Gasteiger partial charge on any atom is -0.326 e. The molecule has 29 heavy (non-hydrogen) atoms. The molecule has 0 aliphatic carbocycles. The molecule has 0 spiro atoms. The van der Waals surface area contributed by atoms with Crippen LogP contribution < -0.4 is 10.6 Å². The third kappa shape index (κ3) is 4.81. The van der Waals surface area contributed by atoms with E-state index in [2.05, 4.69) is 21.6 Å². The van der Waals surface area contributed by atoms with E-state index >= 15 is 0 Å². The Hall–Kier alpha value is -2.77. The molecule has 1 aliphatic rings. The number of nitrogens with one attached hydrogen (secondary N) is 2. The van der Waals surface area contributed by atoms with Crippen LogP contribution in [0.3, 0.4) is 0 Å². The summed E-state index contributed by atoms with van der Waals surface area (Å²) in [6, 6.07) is 15.5. The number of nitrogens with zero attached hydrogens (tertiary/aromatic N) is 2. The lowest BCUT2D eigenvalue weighted by atomic mass is 10.0. The highest BCUT2D eigenvalue weighted by atomic mass is 32.1. The lowest BCUT2D eigenvalue weighted by molar-refractivity contribution is -0.118. The molecule has 3 aromatic rings. The average molecular weight is 409 g/mol. The molecule has 1 aromatic heterocycles. The zero-order valence-electron chi connectivity index (χ0n) is 16.4. The van der Waals surface area contributed by atoms with Crippen LogP contribution in [0.25, 0.3) is 10.2 Å². The highest BCUT2D eigenvalue weighted by Gasteiger charge is 2.28. The Kier molecular flexibility index (Phi) is 5.87. The van der Waals surface area contributed by atoms with Gasteiger partial charge in [0.2, 0.25) is 11.8 Å². The fourth-order valence-electron chi connectivity index (χ4n) is 3.72. The summed E-state index contributed by atoms with van der Waals surface area (Å²) in [5, 5.41) is 6.77. The van der Waals surface area contributed by atoms with Gasteiger partial charge in [0.15, 0.2) is 0 Å². The Morgan fingerprint density at radius 1 is 1.07 bits per heavy atom. The first-order chi connectivity index (χ1) is 14.1. The Labute approximate surface area is 173 Å². The van der Waals surface area contributed by atoms with Crippen molar-refractivity contribution in [3.63, 3.8) is 0 Å². The number of carbonyl (C=O) groups is 2. The van der Waals surface area contributed by atoms with Crippen molar-refractivity contribution in [1.82, 2.24) is 9.88 Å². The summed E-state index contributed by atoms with van der Waals surface area (Å²) >= 11 is 1.73. The number of para-hydroxylation sites is 1. The van der Waals surface area contributed by atoms with Gasteiger partial charge >= 0.3 is 0 Å². The van der Waals surface area contributed by atoms with E-state index in [1.807, 2.05) is 18.2 Å². The summed E-state index contributed by atoms with van der Waals surface area (Å²) in [4.78, 5) is 30.8. The number of fused-ring (bicyclic) bond motifs is 1. The van der Waals surface area contributed by atoms with E-state index in [0.29, 0.717) is 12.2 Å². The highest BCUT2D eigenvalue weighted by molar-refractivity contribution is 7.18. The van der Waals surface area contributed by atoms with Crippen LogP contribution in [0.2, 0.25) is 0 Å². The fourth-order valence-corrected chi connectivity index (χ4v) is 4.85. The quantitative estimate of drug-likeness (QED) is 0.655. The summed E-state index contributed by atoms with van der Waals surface area (Å²) in [6.07, 6.45) is 3.28. The van der Waals surface area contributed by atoms with Crippen LogP contribution in [0.15, 0.2) is 48.5 Å². The normalized spacial score (nSPS) is 17.2. The molecule has 6 nitrogen and oxygen atoms in total. The van der Waals surface area contributed by atoms with Crippen molar-refractivity contribution in [3.05, 3.63) is 53.5 Å². The van der Waals surface area contributed by atoms with Gasteiger partial charge in [-0.2, -0.15) is 0 Å². The van der Waals surface area contributed by atoms with Crippen molar-refractivity contribution in [2.24, 2.45) is 0 Å². The standard InChI is InChI=1S/C22H24N4O2S/c1-15(27)23-16-9-11-17(12-10-16)24-21(28)14-26-13-5-4-7-19(26)22-25-18-6-2-3-8-20(18)29-22/h2-3,6,8-12,19H,4-5,7,13-14H2,1H3,(H,23,27)(H,24,28)/t19-/m0/s1. The van der Waals surface area contributed by atoms with Gasteiger partial charge in [0.1, 0.15) is 5.01 Å². The first-order valence-electron chi connectivity index (χ1n) is 9.85. The molecule has 7 heteroatoms. The van der Waals surface area contributed by atoms with Crippen molar-refractivity contribution >= 4 is 44.7 Å². The number of carbonyl (C=O) groups excluding carboxylic acids is 2. The highest BCUT2D eigenvalue weighted by Crippen LogP contribution is 2.35. The van der Waals surface area contributed by atoms with Crippen LogP contribution in [0.5, 0.6) is 0 Å². The summed E-state index contributed by atoms with van der Waals surface area (Å²) < 4.78 is 1.19. The van der Waals surface area contributed by atoms with E-state index in [9.17, 15) is 9.59 Å². The topological polar surface area (TPSA) is 74.3 Å². The summed E-state index contributed by atoms with van der Waals surface area (Å²) in [6.45, 7) is 2.71. The van der Waals surface area contributed by atoms with Crippen molar-refractivity contribution in [1.29, 1.82) is 0 Å². The van der Waals surface area contributed by atoms with Crippen molar-refractivity contribution in [2.45, 2.75) is 32.2 Å². The van der Waals surface area contributed by atoms with Crippen LogP contribution in [0, 0.1) is 0 Å². The maximum atomic E-state index is 12.7. The number of benzene rings is 2. The summed E-state index contributed by atoms with van der Waals surface area (Å²) in [5.74, 6) is -0.155. The number of rotatable bonds is 5. The first kappa shape index (κ1) is 19.5. The summed E-state index contributed by atoms with van der Waals surface area (Å²) in [5.41, 5.74) is 2.46. The predicted molar refractivity (Wildman–Crippen MR) is 117 cm³/mol. The molecule has 0 radical (unpaired) electrons. The van der Waals surface area contributed by atoms with E-state index < -0.39 is 0 Å². The number of likely N-dealkylation sites (tertiary alicyclic amines) is 1. The average Bonchev–Trinajstić information content (AvgIpc) is 3.13. The van der Waals surface area contributed by atoms with Gasteiger partial charge in [-0.3, -0.25) is 14.5 Å². The van der Waals surface area contributed by atoms with Gasteiger partial charge in [0, 0.05) is 18.3 Å². The van der Waals surface area contributed by atoms with Crippen LogP contribution in [-0.4, -0.2) is 34.8 Å². The maximum Gasteiger partial charge on any atom is 0.238 e. The Bertz CT molecular complexity index is 982. The number of aromatic nitrogens is 1. The van der Waals surface area contributed by atoms with Crippen LogP contribution in [0.1, 0.15) is 37.2 Å². The van der Waals surface area contributed by atoms with Crippen molar-refractivity contribution in [2.75, 3.05) is 23.7 Å². The number of amides is 2. The van der Waals surface area contributed by atoms with E-state index in [0.717, 1.165) is 42.0 Å². The molecule has 2 heterocycles. The molecule has 2 N–H and O–H groups in total. The molecule has 150 valence electrons. The molecule has 0 unspecified atom stereocenters. The minimum atomic E-state index is -0.118. The largest absolute Gasteiger partial charge is 0.326 e. The third-order valence-electron chi connectivity index (χ3n) is 5.04. The van der Waals surface area contributed by atoms with Crippen LogP contribution in [-0.2, 0) is 9.59 Å². The van der Waals surface area contributed by atoms with Gasteiger partial charge in [-0.25, -0.2) is 4.98 Å². The van der Waals surface area contributed by atoms with Crippen LogP contribution in [0.4, 0.5) is 11.4 Å². The summed E-state index contributed by atoms with van der Waals surface area (Å²) in [7, 11) is 0. The molecule has 1 aliphatic heterocycles. The van der Waals surface area contributed by atoms with Gasteiger partial charge in [0.05, 0.1) is 22.8 Å². The molecular weight excluding hydrogens is 384 g/mol. The van der Waals surface area contributed by atoms with E-state index in [1.54, 1.807) is 35.6 Å². The lowest BCUT2D eigenvalue weighted by Gasteiger charge is -2.33. The molecule has 0 saturated carbocycles. The van der Waals surface area contributed by atoms with E-state index in [1.165, 1.54) is 11.6 Å². The number of hydrogen-bond acceptors (Lipinski definition) is 5. The van der Waals surface area contributed by atoms with Crippen molar-refractivity contribution in [3.8, 4) is 0 Å². The maximum absolute atomic E-state index is 12.7. The number of thiazole rings is 1. The lowest BCUT2D eigenvalue weighted by Crippen LogP contribution is -2.39. The molecule has 0 bridgehead atoms. The van der Waals surface area contributed by atoms with Gasteiger partial charge in [-0.1, -0.05) is 18.6 Å². The zero-order chi connectivity index (χ0) is 20.2. The SMILES string of the molecule is CC(=O)Nc1ccc(NC(=O)CN2CCCC[C@H]2c2nc3ccccc3s2)cc1. The van der Waals surface area contributed by atoms with Gasteiger partial charge in [0.25, 0.3) is 0 Å². The van der Waals surface area contributed by atoms with Crippen LogP contribution >= 0.6 is 11.3 Å². The molecule has 2 aromatic carbocycles. The number of piperidine rings is 1. The zero-order valence-corrected chi connectivity index (χ0v) is 17.2. The monoisotopic (exact) mass is 408 g/mol. The Morgan fingerprint density at radius 2 is 1.79 bits per heavy atom. The number of anilines is 2.